The lowest BCUT2D eigenvalue weighted by molar-refractivity contribution is 0.660. The van der Waals surface area contributed by atoms with Gasteiger partial charge in [0, 0.05) is 72.9 Å². The molecule has 12 rings (SSSR count). The minimum Gasteiger partial charge on any atom is -0.310 e. The van der Waals surface area contributed by atoms with Crippen molar-refractivity contribution in [2.75, 3.05) is 19.6 Å². The summed E-state index contributed by atoms with van der Waals surface area (Å²) in [5, 5.41) is 4.50. The predicted octanol–water partition coefficient (Wildman–Crippen LogP) is 18.2. The van der Waals surface area contributed by atoms with Crippen LogP contribution in [0.5, 0.6) is 0 Å². The fourth-order valence-electron chi connectivity index (χ4n) is 11.2. The number of hydrogen-bond donors (Lipinski definition) is 0. The van der Waals surface area contributed by atoms with Gasteiger partial charge in [-0.25, -0.2) is 0 Å². The van der Waals surface area contributed by atoms with E-state index >= 15 is 0 Å². The maximum atomic E-state index is 5.80. The molecule has 0 amide bonds. The standard InChI is InChI=1S/C72H56N4/c1-5-23-52-25-21-36-70(64(52)6-2)75(56-31-15-9-16-32-56)60-42-38-58(39-43-60)73(54-27-11-7-12-28-54)62-46-48-66-67-49-47-63(51-69(67)72(3,4)68(66)50-62)74(55-29-13-8-14-30-55)59-40-44-61(45-41-59)76(57-33-17-10-18-34-57)71-37-22-26-53-24-19-20-35-65(53)71/h1,6-51H,2-4H3. The van der Waals surface area contributed by atoms with Gasteiger partial charge in [0.2, 0.25) is 0 Å². The summed E-state index contributed by atoms with van der Waals surface area (Å²) in [5.41, 5.74) is 17.8. The van der Waals surface area contributed by atoms with Crippen molar-refractivity contribution in [3.8, 4) is 23.5 Å². The van der Waals surface area contributed by atoms with E-state index in [9.17, 15) is 0 Å². The van der Waals surface area contributed by atoms with Gasteiger partial charge in [0.25, 0.3) is 0 Å². The van der Waals surface area contributed by atoms with Crippen molar-refractivity contribution in [3.63, 3.8) is 0 Å². The first kappa shape index (κ1) is 47.2. The zero-order chi connectivity index (χ0) is 51.6. The lowest BCUT2D eigenvalue weighted by Crippen LogP contribution is -2.30. The van der Waals surface area contributed by atoms with E-state index in [-0.39, 0.29) is 5.41 Å². The van der Waals surface area contributed by atoms with Crippen LogP contribution >= 0.6 is 0 Å². The molecule has 76 heavy (non-hydrogen) atoms. The number of terminal acetylenes is 1. The molecule has 11 aromatic rings. The fourth-order valence-corrected chi connectivity index (χ4v) is 11.2. The molecule has 0 atom stereocenters. The first-order valence-corrected chi connectivity index (χ1v) is 26.0. The maximum Gasteiger partial charge on any atom is 0.0540 e. The Morgan fingerprint density at radius 2 is 0.711 bits per heavy atom. The van der Waals surface area contributed by atoms with Crippen LogP contribution in [0.1, 0.15) is 31.9 Å². The van der Waals surface area contributed by atoms with Gasteiger partial charge in [-0.15, -0.1) is 6.42 Å². The van der Waals surface area contributed by atoms with E-state index in [1.165, 1.54) is 33.0 Å². The van der Waals surface area contributed by atoms with Gasteiger partial charge < -0.3 is 19.6 Å². The second-order valence-corrected chi connectivity index (χ2v) is 19.7. The molecule has 0 aliphatic heterocycles. The second kappa shape index (κ2) is 20.2. The summed E-state index contributed by atoms with van der Waals surface area (Å²) in [7, 11) is 0. The number of rotatable bonds is 12. The van der Waals surface area contributed by atoms with E-state index in [1.807, 2.05) is 6.08 Å². The van der Waals surface area contributed by atoms with Crippen LogP contribution in [0.2, 0.25) is 0 Å². The number of para-hydroxylation sites is 4. The quantitative estimate of drug-likeness (QED) is 0.113. The molecular formula is C72H56N4. The SMILES string of the molecule is C#CC=c1cccc(N(c2ccccc2)c2ccc(N(c3ccccc3)c3ccc4c(c3)C(C)(C)c3cc(N(c5ccccc5)c5ccc(N(c6ccccc6)c6cccc7ccccc67)cc5)ccc3-4)cc2)c1=CC. The van der Waals surface area contributed by atoms with E-state index in [0.717, 1.165) is 78.7 Å². The molecule has 0 fully saturated rings. The molecule has 0 unspecified atom stereocenters. The van der Waals surface area contributed by atoms with Crippen LogP contribution in [0.3, 0.4) is 0 Å². The summed E-state index contributed by atoms with van der Waals surface area (Å²) in [6.07, 6.45) is 9.78. The first-order valence-electron chi connectivity index (χ1n) is 26.0. The van der Waals surface area contributed by atoms with Crippen molar-refractivity contribution in [2.24, 2.45) is 0 Å². The zero-order valence-electron chi connectivity index (χ0n) is 42.9. The minimum atomic E-state index is -0.306. The Morgan fingerprint density at radius 3 is 1.17 bits per heavy atom. The Hall–Kier alpha value is -9.82. The van der Waals surface area contributed by atoms with E-state index in [1.54, 1.807) is 0 Å². The van der Waals surface area contributed by atoms with Crippen LogP contribution in [-0.2, 0) is 5.41 Å². The number of nitrogens with zero attached hydrogens (tertiary/aromatic N) is 4. The Morgan fingerprint density at radius 1 is 0.355 bits per heavy atom. The summed E-state index contributed by atoms with van der Waals surface area (Å²) in [4.78, 5) is 9.42. The molecule has 4 heteroatoms. The smallest absolute Gasteiger partial charge is 0.0540 e. The fraction of sp³-hybridized carbons (Fsp3) is 0.0556. The van der Waals surface area contributed by atoms with Gasteiger partial charge in [-0.2, -0.15) is 0 Å². The van der Waals surface area contributed by atoms with Crippen molar-refractivity contribution in [2.45, 2.75) is 26.2 Å². The molecule has 1 aliphatic rings. The highest BCUT2D eigenvalue weighted by Gasteiger charge is 2.37. The van der Waals surface area contributed by atoms with Gasteiger partial charge in [0.15, 0.2) is 0 Å². The highest BCUT2D eigenvalue weighted by Crippen LogP contribution is 2.53. The lowest BCUT2D eigenvalue weighted by atomic mass is 9.82. The van der Waals surface area contributed by atoms with Gasteiger partial charge in [0.1, 0.15) is 0 Å². The third kappa shape index (κ3) is 8.64. The van der Waals surface area contributed by atoms with Crippen LogP contribution in [0, 0.1) is 12.3 Å². The molecule has 0 bridgehead atoms. The van der Waals surface area contributed by atoms with Crippen molar-refractivity contribution in [3.05, 3.63) is 288 Å². The van der Waals surface area contributed by atoms with E-state index in [4.69, 9.17) is 6.42 Å². The van der Waals surface area contributed by atoms with Crippen LogP contribution in [0.15, 0.2) is 267 Å². The van der Waals surface area contributed by atoms with E-state index in [0.29, 0.717) is 0 Å². The van der Waals surface area contributed by atoms with Gasteiger partial charge in [-0.1, -0.05) is 159 Å². The Kier molecular flexibility index (Phi) is 12.6. The van der Waals surface area contributed by atoms with Crippen LogP contribution in [0.25, 0.3) is 34.1 Å². The van der Waals surface area contributed by atoms with Crippen molar-refractivity contribution in [1.29, 1.82) is 0 Å². The Labute approximate surface area is 446 Å². The highest BCUT2D eigenvalue weighted by molar-refractivity contribution is 5.99. The average Bonchev–Trinajstić information content (AvgIpc) is 3.77. The molecule has 0 radical (unpaired) electrons. The van der Waals surface area contributed by atoms with Crippen LogP contribution in [0.4, 0.5) is 68.2 Å². The molecule has 0 saturated heterocycles. The highest BCUT2D eigenvalue weighted by atomic mass is 15.2. The largest absolute Gasteiger partial charge is 0.310 e. The molecule has 4 nitrogen and oxygen atoms in total. The maximum absolute atomic E-state index is 5.80. The average molecular weight is 977 g/mol. The number of hydrogen-bond acceptors (Lipinski definition) is 4. The van der Waals surface area contributed by atoms with Crippen molar-refractivity contribution >= 4 is 91.2 Å². The molecule has 0 N–H and O–H groups in total. The molecule has 0 heterocycles. The molecule has 364 valence electrons. The number of fused-ring (bicyclic) bond motifs is 4. The van der Waals surface area contributed by atoms with E-state index < -0.39 is 0 Å². The Balaban J connectivity index is 0.906. The molecule has 0 spiro atoms. The minimum absolute atomic E-state index is 0.306. The summed E-state index contributed by atoms with van der Waals surface area (Å²) in [5.74, 6) is 2.74. The zero-order valence-corrected chi connectivity index (χ0v) is 42.9. The monoisotopic (exact) mass is 976 g/mol. The summed E-state index contributed by atoms with van der Waals surface area (Å²) < 4.78 is 0. The van der Waals surface area contributed by atoms with E-state index in [2.05, 4.69) is 319 Å². The third-order valence-corrected chi connectivity index (χ3v) is 14.8. The molecule has 1 aliphatic carbocycles. The third-order valence-electron chi connectivity index (χ3n) is 14.8. The molecular weight excluding hydrogens is 921 g/mol. The van der Waals surface area contributed by atoms with Crippen LogP contribution < -0.4 is 30.0 Å². The van der Waals surface area contributed by atoms with Crippen molar-refractivity contribution in [1.82, 2.24) is 0 Å². The second-order valence-electron chi connectivity index (χ2n) is 19.7. The van der Waals surface area contributed by atoms with Gasteiger partial charge in [-0.05, 0) is 179 Å². The normalized spacial score (nSPS) is 12.7. The number of anilines is 12. The van der Waals surface area contributed by atoms with Gasteiger partial charge >= 0.3 is 0 Å². The molecule has 0 saturated carbocycles. The molecule has 0 aromatic heterocycles. The first-order chi connectivity index (χ1) is 37.4. The summed E-state index contributed by atoms with van der Waals surface area (Å²) in [6.45, 7) is 6.81. The number of benzene rings is 11. The van der Waals surface area contributed by atoms with Crippen LogP contribution in [-0.4, -0.2) is 0 Å². The van der Waals surface area contributed by atoms with Crippen molar-refractivity contribution < 1.29 is 0 Å². The summed E-state index contributed by atoms with van der Waals surface area (Å²) >= 11 is 0. The molecule has 11 aromatic carbocycles. The summed E-state index contributed by atoms with van der Waals surface area (Å²) in [6, 6.07) is 96.0. The lowest BCUT2D eigenvalue weighted by Gasteiger charge is -2.30. The van der Waals surface area contributed by atoms with Gasteiger partial charge in [0.05, 0.1) is 11.4 Å². The topological polar surface area (TPSA) is 13.0 Å². The predicted molar refractivity (Wildman–Crippen MR) is 323 cm³/mol. The Bertz CT molecular complexity index is 4030. The van der Waals surface area contributed by atoms with Gasteiger partial charge in [-0.3, -0.25) is 0 Å².